The lowest BCUT2D eigenvalue weighted by molar-refractivity contribution is -0.139. The number of aliphatic hydroxyl groups excluding tert-OH is 2. The predicted octanol–water partition coefficient (Wildman–Crippen LogP) is 4.94. The predicted molar refractivity (Wildman–Crippen MR) is 130 cm³/mol. The number of aliphatic carboxylic acids is 1. The van der Waals surface area contributed by atoms with Crippen molar-refractivity contribution in [2.75, 3.05) is 0 Å². The fourth-order valence-corrected chi connectivity index (χ4v) is 3.88. The fourth-order valence-electron chi connectivity index (χ4n) is 3.88. The molecular weight excluding hydrogens is 454 g/mol. The number of halogens is 2. The molecule has 0 bridgehead atoms. The molecule has 0 saturated carbocycles. The third-order valence-corrected chi connectivity index (χ3v) is 5.44. The minimum atomic E-state index is -1.16. The van der Waals surface area contributed by atoms with E-state index in [1.165, 1.54) is 30.3 Å². The molecule has 0 fully saturated rings. The molecule has 0 saturated heterocycles. The summed E-state index contributed by atoms with van der Waals surface area (Å²) in [6.07, 6.45) is 0.475. The average molecular weight is 485 g/mol. The molecule has 0 aliphatic rings. The van der Waals surface area contributed by atoms with Gasteiger partial charge in [-0.05, 0) is 48.5 Å². The second-order valence-electron chi connectivity index (χ2n) is 9.49. The Labute approximate surface area is 203 Å². The number of nitrogens with zero attached hydrogens (tertiary/aromatic N) is 2. The first-order valence-corrected chi connectivity index (χ1v) is 11.3. The van der Waals surface area contributed by atoms with E-state index in [1.54, 1.807) is 30.3 Å². The largest absolute Gasteiger partial charge is 0.481 e. The van der Waals surface area contributed by atoms with Crippen LogP contribution in [0.5, 0.6) is 0 Å². The van der Waals surface area contributed by atoms with Gasteiger partial charge in [-0.1, -0.05) is 32.9 Å². The second kappa shape index (κ2) is 10.9. The first-order valence-electron chi connectivity index (χ1n) is 11.3. The summed E-state index contributed by atoms with van der Waals surface area (Å²) in [6.45, 7) is 6.33. The Hall–Kier alpha value is -3.36. The number of benzene rings is 2. The molecule has 8 heteroatoms. The summed E-state index contributed by atoms with van der Waals surface area (Å²) in [5, 5.41) is 28.8. The van der Waals surface area contributed by atoms with E-state index in [0.29, 0.717) is 23.5 Å². The monoisotopic (exact) mass is 484 g/mol. The van der Waals surface area contributed by atoms with Gasteiger partial charge in [-0.15, -0.1) is 0 Å². The van der Waals surface area contributed by atoms with E-state index in [4.69, 9.17) is 10.1 Å². The molecule has 35 heavy (non-hydrogen) atoms. The van der Waals surface area contributed by atoms with Crippen molar-refractivity contribution in [2.45, 2.75) is 57.8 Å². The van der Waals surface area contributed by atoms with Gasteiger partial charge in [0.25, 0.3) is 0 Å². The number of allylic oxidation sites excluding steroid dienone is 1. The molecule has 0 spiro atoms. The summed E-state index contributed by atoms with van der Waals surface area (Å²) in [5.74, 6) is -1.14. The lowest BCUT2D eigenvalue weighted by atomic mass is 9.95. The quantitative estimate of drug-likeness (QED) is 0.374. The number of carbonyl (C=O) groups is 1. The van der Waals surface area contributed by atoms with E-state index >= 15 is 0 Å². The van der Waals surface area contributed by atoms with Crippen LogP contribution < -0.4 is 0 Å². The Kier molecular flexibility index (Phi) is 8.19. The molecule has 2 aromatic carbocycles. The topological polar surface area (TPSA) is 95.6 Å². The molecule has 2 unspecified atom stereocenters. The van der Waals surface area contributed by atoms with Crippen LogP contribution in [0.1, 0.15) is 39.4 Å². The molecule has 2 atom stereocenters. The lowest BCUT2D eigenvalue weighted by Crippen LogP contribution is -2.20. The van der Waals surface area contributed by atoms with Crippen molar-refractivity contribution in [3.8, 4) is 22.5 Å². The highest BCUT2D eigenvalue weighted by molar-refractivity contribution is 5.79. The highest BCUT2D eigenvalue weighted by Crippen LogP contribution is 2.36. The summed E-state index contributed by atoms with van der Waals surface area (Å²) in [6, 6.07) is 12.0. The van der Waals surface area contributed by atoms with Gasteiger partial charge in [0, 0.05) is 29.5 Å². The van der Waals surface area contributed by atoms with Gasteiger partial charge in [-0.2, -0.15) is 0 Å². The molecule has 1 aromatic heterocycles. The van der Waals surface area contributed by atoms with E-state index in [1.807, 2.05) is 25.3 Å². The molecule has 6 nitrogen and oxygen atoms in total. The number of imidazole rings is 1. The normalized spacial score (nSPS) is 13.8. The Bertz CT molecular complexity index is 1180. The summed E-state index contributed by atoms with van der Waals surface area (Å²) in [5.41, 5.74) is 2.38. The average Bonchev–Trinajstić information content (AvgIpc) is 3.14. The van der Waals surface area contributed by atoms with Crippen molar-refractivity contribution in [1.29, 1.82) is 0 Å². The third kappa shape index (κ3) is 6.83. The van der Waals surface area contributed by atoms with Crippen LogP contribution in [0, 0.1) is 11.6 Å². The van der Waals surface area contributed by atoms with E-state index in [0.717, 1.165) is 11.4 Å². The summed E-state index contributed by atoms with van der Waals surface area (Å²) in [4.78, 5) is 15.6. The van der Waals surface area contributed by atoms with Crippen LogP contribution in [0.15, 0.2) is 60.7 Å². The minimum Gasteiger partial charge on any atom is -0.481 e. The molecule has 3 aromatic rings. The molecule has 1 heterocycles. The smallest absolute Gasteiger partial charge is 0.305 e. The maximum absolute atomic E-state index is 13.7. The summed E-state index contributed by atoms with van der Waals surface area (Å²) < 4.78 is 29.2. The third-order valence-electron chi connectivity index (χ3n) is 5.44. The first kappa shape index (κ1) is 26.2. The van der Waals surface area contributed by atoms with E-state index in [-0.39, 0.29) is 23.5 Å². The molecule has 3 N–H and O–H groups in total. The fraction of sp³-hybridized carbons (Fsp3) is 0.333. The second-order valence-corrected chi connectivity index (χ2v) is 9.49. The number of carboxylic acids is 1. The summed E-state index contributed by atoms with van der Waals surface area (Å²) >= 11 is 0. The van der Waals surface area contributed by atoms with Crippen molar-refractivity contribution in [2.24, 2.45) is 0 Å². The number of aromatic nitrogens is 2. The zero-order chi connectivity index (χ0) is 25.8. The van der Waals surface area contributed by atoms with Crippen LogP contribution >= 0.6 is 0 Å². The van der Waals surface area contributed by atoms with Crippen molar-refractivity contribution >= 4 is 5.97 Å². The van der Waals surface area contributed by atoms with Gasteiger partial charge in [-0.3, -0.25) is 4.79 Å². The molecular formula is C27H30F2N2O4. The molecule has 0 amide bonds. The van der Waals surface area contributed by atoms with Crippen molar-refractivity contribution in [3.05, 3.63) is 78.1 Å². The highest BCUT2D eigenvalue weighted by Gasteiger charge is 2.27. The zero-order valence-corrected chi connectivity index (χ0v) is 19.9. The van der Waals surface area contributed by atoms with Gasteiger partial charge in [0.1, 0.15) is 17.5 Å². The van der Waals surface area contributed by atoms with Crippen molar-refractivity contribution in [1.82, 2.24) is 9.55 Å². The number of carboxylic acid groups (broad SMARTS) is 1. The van der Waals surface area contributed by atoms with Crippen LogP contribution in [-0.4, -0.2) is 43.0 Å². The van der Waals surface area contributed by atoms with Gasteiger partial charge in [-0.25, -0.2) is 13.8 Å². The van der Waals surface area contributed by atoms with E-state index in [9.17, 15) is 23.8 Å². The van der Waals surface area contributed by atoms with Crippen molar-refractivity contribution < 1.29 is 28.9 Å². The maximum Gasteiger partial charge on any atom is 0.305 e. The lowest BCUT2D eigenvalue weighted by Gasteiger charge is -2.20. The molecule has 186 valence electrons. The van der Waals surface area contributed by atoms with Gasteiger partial charge >= 0.3 is 5.97 Å². The first-order chi connectivity index (χ1) is 16.5. The van der Waals surface area contributed by atoms with Crippen LogP contribution in [-0.2, 0) is 16.8 Å². The molecule has 3 rings (SSSR count). The number of hydrogen-bond acceptors (Lipinski definition) is 4. The van der Waals surface area contributed by atoms with Gasteiger partial charge < -0.3 is 19.9 Å². The van der Waals surface area contributed by atoms with Gasteiger partial charge in [0.05, 0.1) is 30.0 Å². The standard InChI is InChI=1S/C27H30F2N2O4/c1-27(2,3)26-30-24(17-6-10-19(28)11-7-17)25(18-8-12-20(29)13-9-18)31(26)14-4-5-21(32)15-22(33)16-23(34)35/h4-13,21-22,32-33H,14-16H2,1-3H3,(H,34,35). The van der Waals surface area contributed by atoms with E-state index < -0.39 is 24.6 Å². The Morgan fingerprint density at radius 3 is 2.06 bits per heavy atom. The number of rotatable bonds is 9. The van der Waals surface area contributed by atoms with Crippen LogP contribution in [0.25, 0.3) is 22.5 Å². The highest BCUT2D eigenvalue weighted by atomic mass is 19.1. The Balaban J connectivity index is 2.05. The van der Waals surface area contributed by atoms with Gasteiger partial charge in [0.15, 0.2) is 0 Å². The molecule has 0 radical (unpaired) electrons. The summed E-state index contributed by atoms with van der Waals surface area (Å²) in [7, 11) is 0. The SMILES string of the molecule is CC(C)(C)c1nc(-c2ccc(F)cc2)c(-c2ccc(F)cc2)n1CC=CC(O)CC(O)CC(=O)O. The zero-order valence-electron chi connectivity index (χ0n) is 19.9. The molecule has 0 aliphatic carbocycles. The maximum atomic E-state index is 13.7. The molecule has 0 aliphatic heterocycles. The number of aliphatic hydroxyl groups is 2. The van der Waals surface area contributed by atoms with Crippen LogP contribution in [0.4, 0.5) is 8.78 Å². The van der Waals surface area contributed by atoms with E-state index in [2.05, 4.69) is 0 Å². The number of hydrogen-bond donors (Lipinski definition) is 3. The Morgan fingerprint density at radius 2 is 1.54 bits per heavy atom. The van der Waals surface area contributed by atoms with Crippen LogP contribution in [0.2, 0.25) is 0 Å². The minimum absolute atomic E-state index is 0.107. The Morgan fingerprint density at radius 1 is 1.00 bits per heavy atom. The van der Waals surface area contributed by atoms with Crippen molar-refractivity contribution in [3.63, 3.8) is 0 Å². The van der Waals surface area contributed by atoms with Gasteiger partial charge in [0.2, 0.25) is 0 Å². The van der Waals surface area contributed by atoms with Crippen LogP contribution in [0.3, 0.4) is 0 Å².